The number of aromatic nitrogens is 2. The SMILES string of the molecule is Cc1c(C)n(Cc2ccccc2F)c2c(N3CCCC(c4ccccc4)C3)nccc12. The van der Waals surface area contributed by atoms with Crippen molar-refractivity contribution in [2.45, 2.75) is 39.2 Å². The van der Waals surface area contributed by atoms with E-state index in [9.17, 15) is 4.39 Å². The van der Waals surface area contributed by atoms with Crippen LogP contribution >= 0.6 is 0 Å². The normalized spacial score (nSPS) is 16.7. The van der Waals surface area contributed by atoms with E-state index in [0.29, 0.717) is 18.0 Å². The van der Waals surface area contributed by atoms with Crippen molar-refractivity contribution in [2.24, 2.45) is 0 Å². The van der Waals surface area contributed by atoms with Crippen LogP contribution in [0.4, 0.5) is 10.2 Å². The maximum Gasteiger partial charge on any atom is 0.153 e. The van der Waals surface area contributed by atoms with Crippen LogP contribution < -0.4 is 4.90 Å². The number of hydrogen-bond donors (Lipinski definition) is 0. The van der Waals surface area contributed by atoms with Crippen LogP contribution in [0, 0.1) is 19.7 Å². The predicted molar refractivity (Wildman–Crippen MR) is 125 cm³/mol. The predicted octanol–water partition coefficient (Wildman–Crippen LogP) is 6.22. The van der Waals surface area contributed by atoms with Crippen molar-refractivity contribution in [3.63, 3.8) is 0 Å². The molecule has 31 heavy (non-hydrogen) atoms. The molecular weight excluding hydrogens is 385 g/mol. The van der Waals surface area contributed by atoms with Crippen molar-refractivity contribution in [3.05, 3.63) is 95.1 Å². The lowest BCUT2D eigenvalue weighted by atomic mass is 9.90. The minimum absolute atomic E-state index is 0.158. The maximum absolute atomic E-state index is 14.5. The van der Waals surface area contributed by atoms with E-state index in [1.165, 1.54) is 34.7 Å². The first kappa shape index (κ1) is 19.8. The zero-order valence-corrected chi connectivity index (χ0v) is 18.2. The molecule has 0 saturated carbocycles. The summed E-state index contributed by atoms with van der Waals surface area (Å²) < 4.78 is 16.7. The van der Waals surface area contributed by atoms with E-state index in [0.717, 1.165) is 30.8 Å². The van der Waals surface area contributed by atoms with Gasteiger partial charge in [-0.3, -0.25) is 0 Å². The van der Waals surface area contributed by atoms with Gasteiger partial charge in [0.2, 0.25) is 0 Å². The van der Waals surface area contributed by atoms with Crippen molar-refractivity contribution >= 4 is 16.7 Å². The van der Waals surface area contributed by atoms with E-state index in [1.807, 2.05) is 18.3 Å². The Bertz CT molecular complexity index is 1210. The van der Waals surface area contributed by atoms with Gasteiger partial charge in [0.05, 0.1) is 12.1 Å². The van der Waals surface area contributed by atoms with Gasteiger partial charge in [-0.2, -0.15) is 0 Å². The molecule has 1 saturated heterocycles. The Kier molecular flexibility index (Phi) is 5.23. The van der Waals surface area contributed by atoms with E-state index >= 15 is 0 Å². The van der Waals surface area contributed by atoms with Gasteiger partial charge in [0.15, 0.2) is 5.82 Å². The molecule has 0 aliphatic carbocycles. The van der Waals surface area contributed by atoms with Crippen molar-refractivity contribution < 1.29 is 4.39 Å². The Morgan fingerprint density at radius 3 is 2.58 bits per heavy atom. The number of piperidine rings is 1. The molecule has 4 aromatic rings. The van der Waals surface area contributed by atoms with Gasteiger partial charge in [0.25, 0.3) is 0 Å². The summed E-state index contributed by atoms with van der Waals surface area (Å²) in [6.07, 6.45) is 4.26. The van der Waals surface area contributed by atoms with Gasteiger partial charge in [-0.15, -0.1) is 0 Å². The van der Waals surface area contributed by atoms with Crippen molar-refractivity contribution in [1.82, 2.24) is 9.55 Å². The summed E-state index contributed by atoms with van der Waals surface area (Å²) in [7, 11) is 0. The summed E-state index contributed by atoms with van der Waals surface area (Å²) in [5.74, 6) is 1.36. The van der Waals surface area contributed by atoms with Gasteiger partial charge in [-0.1, -0.05) is 48.5 Å². The van der Waals surface area contributed by atoms with Crippen LogP contribution in [-0.4, -0.2) is 22.6 Å². The first-order valence-corrected chi connectivity index (χ1v) is 11.1. The highest BCUT2D eigenvalue weighted by molar-refractivity contribution is 5.93. The Morgan fingerprint density at radius 2 is 1.77 bits per heavy atom. The minimum Gasteiger partial charge on any atom is -0.354 e. The van der Waals surface area contributed by atoms with Crippen LogP contribution in [-0.2, 0) is 6.54 Å². The van der Waals surface area contributed by atoms with Gasteiger partial charge in [-0.25, -0.2) is 9.37 Å². The molecule has 158 valence electrons. The van der Waals surface area contributed by atoms with Crippen LogP contribution in [0.15, 0.2) is 66.9 Å². The molecule has 1 fully saturated rings. The van der Waals surface area contributed by atoms with Crippen LogP contribution in [0.1, 0.15) is 41.1 Å². The van der Waals surface area contributed by atoms with Gasteiger partial charge in [-0.05, 0) is 49.9 Å². The Hall–Kier alpha value is -3.14. The van der Waals surface area contributed by atoms with Gasteiger partial charge in [0.1, 0.15) is 5.82 Å². The van der Waals surface area contributed by atoms with E-state index < -0.39 is 0 Å². The summed E-state index contributed by atoms with van der Waals surface area (Å²) >= 11 is 0. The molecule has 0 bridgehead atoms. The topological polar surface area (TPSA) is 21.1 Å². The maximum atomic E-state index is 14.5. The van der Waals surface area contributed by atoms with E-state index in [-0.39, 0.29) is 5.82 Å². The summed E-state index contributed by atoms with van der Waals surface area (Å²) in [6.45, 7) is 6.75. The standard InChI is InChI=1S/C27H28FN3/c1-19-20(2)31(18-23-11-6-7-13-25(23)28)26-24(19)14-15-29-27(26)30-16-8-12-22(17-30)21-9-4-3-5-10-21/h3-7,9-11,13-15,22H,8,12,16-18H2,1-2H3. The fourth-order valence-corrected chi connectivity index (χ4v) is 4.97. The fraction of sp³-hybridized carbons (Fsp3) is 0.296. The molecule has 2 aromatic carbocycles. The zero-order valence-electron chi connectivity index (χ0n) is 18.2. The number of hydrogen-bond acceptors (Lipinski definition) is 2. The Morgan fingerprint density at radius 1 is 1.00 bits per heavy atom. The second kappa shape index (κ2) is 8.18. The van der Waals surface area contributed by atoms with Crippen molar-refractivity contribution in [1.29, 1.82) is 0 Å². The van der Waals surface area contributed by atoms with E-state index in [1.54, 1.807) is 6.07 Å². The average Bonchev–Trinajstić information content (AvgIpc) is 3.06. The number of fused-ring (bicyclic) bond motifs is 1. The highest BCUT2D eigenvalue weighted by Crippen LogP contribution is 2.36. The first-order valence-electron chi connectivity index (χ1n) is 11.1. The Labute approximate surface area is 183 Å². The molecule has 2 aromatic heterocycles. The first-order chi connectivity index (χ1) is 15.1. The van der Waals surface area contributed by atoms with Crippen LogP contribution in [0.25, 0.3) is 10.9 Å². The third kappa shape index (κ3) is 3.60. The molecule has 1 atom stereocenters. The third-order valence-corrected chi connectivity index (χ3v) is 6.80. The molecule has 1 aliphatic heterocycles. The number of pyridine rings is 1. The van der Waals surface area contributed by atoms with Crippen LogP contribution in [0.2, 0.25) is 0 Å². The van der Waals surface area contributed by atoms with Crippen LogP contribution in [0.3, 0.4) is 0 Å². The molecule has 3 heterocycles. The van der Waals surface area contributed by atoms with Crippen molar-refractivity contribution in [3.8, 4) is 0 Å². The average molecular weight is 414 g/mol. The second-order valence-electron chi connectivity index (χ2n) is 8.61. The third-order valence-electron chi connectivity index (χ3n) is 6.80. The highest BCUT2D eigenvalue weighted by atomic mass is 19.1. The summed E-state index contributed by atoms with van der Waals surface area (Å²) in [4.78, 5) is 7.28. The lowest BCUT2D eigenvalue weighted by Gasteiger charge is -2.34. The minimum atomic E-state index is -0.158. The van der Waals surface area contributed by atoms with E-state index in [4.69, 9.17) is 4.98 Å². The van der Waals surface area contributed by atoms with Crippen molar-refractivity contribution in [2.75, 3.05) is 18.0 Å². The lowest BCUT2D eigenvalue weighted by molar-refractivity contribution is 0.507. The molecule has 0 radical (unpaired) electrons. The Balaban J connectivity index is 1.58. The summed E-state index contributed by atoms with van der Waals surface area (Å²) in [5, 5.41) is 1.21. The molecular formula is C27H28FN3. The second-order valence-corrected chi connectivity index (χ2v) is 8.61. The largest absolute Gasteiger partial charge is 0.354 e. The van der Waals surface area contributed by atoms with Gasteiger partial charge >= 0.3 is 0 Å². The molecule has 5 rings (SSSR count). The number of benzene rings is 2. The quantitative estimate of drug-likeness (QED) is 0.396. The molecule has 0 spiro atoms. The smallest absolute Gasteiger partial charge is 0.153 e. The molecule has 1 aliphatic rings. The summed E-state index contributed by atoms with van der Waals surface area (Å²) in [6, 6.07) is 19.9. The molecule has 0 amide bonds. The monoisotopic (exact) mass is 413 g/mol. The molecule has 3 nitrogen and oxygen atoms in total. The number of aryl methyl sites for hydroxylation is 1. The van der Waals surface area contributed by atoms with Gasteiger partial charge < -0.3 is 9.47 Å². The molecule has 1 unspecified atom stereocenters. The lowest BCUT2D eigenvalue weighted by Crippen LogP contribution is -2.35. The zero-order chi connectivity index (χ0) is 21.4. The number of anilines is 1. The van der Waals surface area contributed by atoms with Gasteiger partial charge in [0, 0.05) is 41.8 Å². The fourth-order valence-electron chi connectivity index (χ4n) is 4.97. The number of nitrogens with zero attached hydrogens (tertiary/aromatic N) is 3. The number of rotatable bonds is 4. The molecule has 4 heteroatoms. The van der Waals surface area contributed by atoms with Crippen LogP contribution in [0.5, 0.6) is 0 Å². The number of halogens is 1. The molecule has 0 N–H and O–H groups in total. The summed E-state index contributed by atoms with van der Waals surface area (Å²) in [5.41, 5.74) is 5.64. The highest BCUT2D eigenvalue weighted by Gasteiger charge is 2.26. The van der Waals surface area contributed by atoms with E-state index in [2.05, 4.69) is 59.7 Å².